The van der Waals surface area contributed by atoms with Crippen molar-refractivity contribution in [1.82, 2.24) is 10.1 Å². The van der Waals surface area contributed by atoms with Crippen molar-refractivity contribution in [2.75, 3.05) is 34.1 Å². The van der Waals surface area contributed by atoms with Gasteiger partial charge in [-0.2, -0.15) is 5.06 Å². The number of hydrogen-bond donors (Lipinski definition) is 1. The van der Waals surface area contributed by atoms with E-state index in [1.807, 2.05) is 0 Å². The number of amides is 1. The highest BCUT2D eigenvalue weighted by molar-refractivity contribution is 6.35. The number of piperidine rings is 1. The summed E-state index contributed by atoms with van der Waals surface area (Å²) in [6.45, 7) is 2.29. The molecule has 9 heteroatoms. The lowest BCUT2D eigenvalue weighted by Gasteiger charge is -2.42. The van der Waals surface area contributed by atoms with Gasteiger partial charge in [0.25, 0.3) is 5.91 Å². The van der Waals surface area contributed by atoms with E-state index in [9.17, 15) is 14.3 Å². The zero-order valence-electron chi connectivity index (χ0n) is 15.4. The molecule has 1 spiro atoms. The fourth-order valence-electron chi connectivity index (χ4n) is 3.60. The van der Waals surface area contributed by atoms with Crippen LogP contribution in [0.2, 0.25) is 5.02 Å². The number of halogens is 2. The van der Waals surface area contributed by atoms with E-state index in [1.54, 1.807) is 19.1 Å². The Morgan fingerprint density at radius 2 is 1.96 bits per heavy atom. The number of carbonyl (C=O) groups excluding carboxylic acids is 1. The van der Waals surface area contributed by atoms with Gasteiger partial charge in [-0.1, -0.05) is 17.7 Å². The quantitative estimate of drug-likeness (QED) is 0.766. The number of rotatable bonds is 5. The summed E-state index contributed by atoms with van der Waals surface area (Å²) >= 11 is 6.19. The molecule has 0 radical (unpaired) electrons. The molecule has 0 bridgehead atoms. The predicted molar refractivity (Wildman–Crippen MR) is 96.0 cm³/mol. The maximum Gasteiger partial charge on any atom is 0.282 e. The molecule has 1 saturated heterocycles. The van der Waals surface area contributed by atoms with Gasteiger partial charge in [-0.05, 0) is 31.4 Å². The number of ether oxygens (including phenoxy) is 1. The van der Waals surface area contributed by atoms with Crippen LogP contribution in [0, 0.1) is 12.7 Å². The summed E-state index contributed by atoms with van der Waals surface area (Å²) in [5.74, 6) is -1.54. The molecule has 27 heavy (non-hydrogen) atoms. The number of hydroxylamine groups is 4. The van der Waals surface area contributed by atoms with E-state index < -0.39 is 17.3 Å². The minimum absolute atomic E-state index is 0.0473. The number of aryl methyl sites for hydroxylation is 1. The lowest BCUT2D eigenvalue weighted by atomic mass is 9.86. The first-order valence-electron chi connectivity index (χ1n) is 8.51. The first-order valence-corrected chi connectivity index (χ1v) is 8.89. The van der Waals surface area contributed by atoms with E-state index in [2.05, 4.69) is 0 Å². The Morgan fingerprint density at radius 3 is 2.56 bits per heavy atom. The lowest BCUT2D eigenvalue weighted by molar-refractivity contribution is -0.259. The van der Waals surface area contributed by atoms with E-state index >= 15 is 0 Å². The normalized spacial score (nSPS) is 20.2. The molecule has 1 amide bonds. The predicted octanol–water partition coefficient (Wildman–Crippen LogP) is 2.83. The average molecular weight is 401 g/mol. The maximum absolute atomic E-state index is 14.8. The van der Waals surface area contributed by atoms with Crippen molar-refractivity contribution >= 4 is 23.1 Å². The fourth-order valence-corrected chi connectivity index (χ4v) is 3.84. The second kappa shape index (κ2) is 7.73. The van der Waals surface area contributed by atoms with Crippen molar-refractivity contribution in [3.8, 4) is 0 Å². The van der Waals surface area contributed by atoms with E-state index in [0.717, 1.165) is 5.06 Å². The standard InChI is InChI=1S/C18H22ClFN2O5/c1-11-4-5-12(19)13(15(11)20)14-16(23)18(6-8-21(26-3)9-7-18)22(17(14)24)27-10-25-2/h4-5,23H,6-10H2,1-3H3. The third-order valence-corrected chi connectivity index (χ3v) is 5.42. The highest BCUT2D eigenvalue weighted by Gasteiger charge is 2.55. The Hall–Kier alpha value is -1.71. The molecule has 0 saturated carbocycles. The summed E-state index contributed by atoms with van der Waals surface area (Å²) in [6.07, 6.45) is 0.688. The smallest absolute Gasteiger partial charge is 0.282 e. The second-order valence-corrected chi connectivity index (χ2v) is 6.96. The van der Waals surface area contributed by atoms with Gasteiger partial charge in [0, 0.05) is 25.8 Å². The van der Waals surface area contributed by atoms with Crippen LogP contribution >= 0.6 is 11.6 Å². The lowest BCUT2D eigenvalue weighted by Crippen LogP contribution is -2.55. The van der Waals surface area contributed by atoms with Gasteiger partial charge in [0.05, 0.1) is 17.7 Å². The fraction of sp³-hybridized carbons (Fsp3) is 0.500. The topological polar surface area (TPSA) is 71.5 Å². The molecule has 148 valence electrons. The van der Waals surface area contributed by atoms with Crippen LogP contribution in [0.1, 0.15) is 24.0 Å². The van der Waals surface area contributed by atoms with Crippen LogP contribution in [0.4, 0.5) is 4.39 Å². The number of aliphatic hydroxyl groups excluding tert-OH is 1. The molecule has 0 unspecified atom stereocenters. The zero-order valence-corrected chi connectivity index (χ0v) is 16.2. The molecule has 1 N–H and O–H groups in total. The van der Waals surface area contributed by atoms with Crippen LogP contribution in [-0.2, 0) is 19.2 Å². The van der Waals surface area contributed by atoms with Gasteiger partial charge in [-0.3, -0.25) is 4.79 Å². The van der Waals surface area contributed by atoms with Crippen LogP contribution in [0.15, 0.2) is 17.9 Å². The van der Waals surface area contributed by atoms with E-state index in [4.69, 9.17) is 26.0 Å². The van der Waals surface area contributed by atoms with Crippen LogP contribution in [0.5, 0.6) is 0 Å². The number of methoxy groups -OCH3 is 1. The summed E-state index contributed by atoms with van der Waals surface area (Å²) in [4.78, 5) is 23.8. The van der Waals surface area contributed by atoms with Crippen molar-refractivity contribution in [3.63, 3.8) is 0 Å². The molecule has 0 aromatic heterocycles. The number of aliphatic hydroxyl groups is 1. The van der Waals surface area contributed by atoms with Crippen LogP contribution in [0.25, 0.3) is 5.57 Å². The minimum Gasteiger partial charge on any atom is -0.509 e. The summed E-state index contributed by atoms with van der Waals surface area (Å²) in [5, 5.41) is 13.9. The molecule has 1 aromatic rings. The molecular weight excluding hydrogens is 379 g/mol. The van der Waals surface area contributed by atoms with Gasteiger partial charge < -0.3 is 14.7 Å². The van der Waals surface area contributed by atoms with Crippen molar-refractivity contribution < 1.29 is 28.7 Å². The van der Waals surface area contributed by atoms with Crippen LogP contribution in [-0.4, -0.2) is 60.8 Å². The maximum atomic E-state index is 14.8. The largest absolute Gasteiger partial charge is 0.509 e. The number of nitrogens with zero attached hydrogens (tertiary/aromatic N) is 2. The summed E-state index contributed by atoms with van der Waals surface area (Å²) in [5.41, 5.74) is -1.10. The van der Waals surface area contributed by atoms with Crippen molar-refractivity contribution in [3.05, 3.63) is 39.9 Å². The molecule has 0 atom stereocenters. The first-order chi connectivity index (χ1) is 12.9. The highest BCUT2D eigenvalue weighted by Crippen LogP contribution is 2.47. The Kier molecular flexibility index (Phi) is 5.73. The van der Waals surface area contributed by atoms with Gasteiger partial charge in [0.2, 0.25) is 0 Å². The number of hydrogen-bond acceptors (Lipinski definition) is 6. The minimum atomic E-state index is -1.13. The van der Waals surface area contributed by atoms with Crippen LogP contribution in [0.3, 0.4) is 0 Å². The van der Waals surface area contributed by atoms with E-state index in [1.165, 1.54) is 19.2 Å². The van der Waals surface area contributed by atoms with Crippen molar-refractivity contribution in [2.45, 2.75) is 25.3 Å². The van der Waals surface area contributed by atoms with Crippen molar-refractivity contribution in [2.24, 2.45) is 0 Å². The molecular formula is C18H22ClFN2O5. The Bertz CT molecular complexity index is 777. The van der Waals surface area contributed by atoms with Crippen LogP contribution < -0.4 is 0 Å². The molecule has 0 aliphatic carbocycles. The Morgan fingerprint density at radius 1 is 1.30 bits per heavy atom. The third-order valence-electron chi connectivity index (χ3n) is 5.11. The molecule has 2 aliphatic rings. The number of benzene rings is 1. The SMILES string of the molecule is COCON1C(=O)C(c2c(Cl)ccc(C)c2F)=C(O)C12CCN(OC)CC2. The molecule has 3 rings (SSSR count). The molecule has 1 aromatic carbocycles. The van der Waals surface area contributed by atoms with Gasteiger partial charge in [-0.25, -0.2) is 14.3 Å². The van der Waals surface area contributed by atoms with E-state index in [-0.39, 0.29) is 28.7 Å². The Balaban J connectivity index is 2.11. The van der Waals surface area contributed by atoms with Gasteiger partial charge >= 0.3 is 0 Å². The molecule has 7 nitrogen and oxygen atoms in total. The molecule has 1 fully saturated rings. The first kappa shape index (κ1) is 20.0. The molecule has 2 aliphatic heterocycles. The number of carbonyl (C=O) groups is 1. The Labute approximate surface area is 161 Å². The average Bonchev–Trinajstić information content (AvgIpc) is 2.86. The summed E-state index contributed by atoms with van der Waals surface area (Å²) in [7, 11) is 2.98. The van der Waals surface area contributed by atoms with Gasteiger partial charge in [0.15, 0.2) is 6.79 Å². The summed E-state index contributed by atoms with van der Waals surface area (Å²) < 4.78 is 19.7. The monoisotopic (exact) mass is 400 g/mol. The second-order valence-electron chi connectivity index (χ2n) is 6.56. The summed E-state index contributed by atoms with van der Waals surface area (Å²) in [6, 6.07) is 3.02. The molecule has 2 heterocycles. The third kappa shape index (κ3) is 3.21. The van der Waals surface area contributed by atoms with Gasteiger partial charge in [0.1, 0.15) is 17.1 Å². The highest BCUT2D eigenvalue weighted by atomic mass is 35.5. The zero-order chi connectivity index (χ0) is 19.8. The van der Waals surface area contributed by atoms with Crippen molar-refractivity contribution in [1.29, 1.82) is 0 Å². The van der Waals surface area contributed by atoms with E-state index in [0.29, 0.717) is 31.5 Å². The van der Waals surface area contributed by atoms with Gasteiger partial charge in [-0.15, -0.1) is 0 Å².